The van der Waals surface area contributed by atoms with Crippen LogP contribution in [-0.2, 0) is 0 Å². The first kappa shape index (κ1) is 17.0. The molecule has 0 fully saturated rings. The van der Waals surface area contributed by atoms with Gasteiger partial charge in [0.15, 0.2) is 0 Å². The number of carbonyl (C=O) groups excluding carboxylic acids is 1. The van der Waals surface area contributed by atoms with Crippen molar-refractivity contribution < 1.29 is 4.79 Å². The highest BCUT2D eigenvalue weighted by molar-refractivity contribution is 6.04. The van der Waals surface area contributed by atoms with Crippen molar-refractivity contribution in [1.29, 1.82) is 0 Å². The molecule has 1 aromatic heterocycles. The summed E-state index contributed by atoms with van der Waals surface area (Å²) in [4.78, 5) is 18.7. The van der Waals surface area contributed by atoms with Gasteiger partial charge in [0.05, 0.1) is 5.56 Å². The second kappa shape index (κ2) is 8.29. The summed E-state index contributed by atoms with van der Waals surface area (Å²) < 4.78 is 0. The smallest absolute Gasteiger partial charge is 0.257 e. The van der Waals surface area contributed by atoms with Crippen LogP contribution in [0.1, 0.15) is 22.3 Å². The first-order valence-corrected chi connectivity index (χ1v) is 7.78. The van der Waals surface area contributed by atoms with E-state index in [9.17, 15) is 4.79 Å². The number of hydrogen-bond donors (Lipinski definition) is 2. The Kier molecular flexibility index (Phi) is 6.11. The summed E-state index contributed by atoms with van der Waals surface area (Å²) in [6.07, 6.45) is 2.64. The monoisotopic (exact) mass is 312 g/mol. The van der Waals surface area contributed by atoms with Crippen molar-refractivity contribution in [3.05, 3.63) is 53.7 Å². The van der Waals surface area contributed by atoms with E-state index in [-0.39, 0.29) is 5.91 Å². The number of pyridine rings is 1. The number of amides is 1. The lowest BCUT2D eigenvalue weighted by molar-refractivity contribution is 0.102. The molecule has 0 aliphatic carbocycles. The van der Waals surface area contributed by atoms with Crippen LogP contribution in [0.5, 0.6) is 0 Å². The van der Waals surface area contributed by atoms with E-state index in [0.29, 0.717) is 5.56 Å². The Bertz CT molecular complexity index is 638. The van der Waals surface area contributed by atoms with Gasteiger partial charge in [0.25, 0.3) is 5.91 Å². The SMILES string of the molecule is Cc1ccccc1NC(=O)c1ccc(NCCCN(C)C)nc1. The van der Waals surface area contributed by atoms with Gasteiger partial charge in [-0.2, -0.15) is 0 Å². The minimum atomic E-state index is -0.147. The third-order valence-electron chi connectivity index (χ3n) is 3.51. The molecule has 1 aromatic carbocycles. The largest absolute Gasteiger partial charge is 0.370 e. The van der Waals surface area contributed by atoms with Crippen molar-refractivity contribution in [1.82, 2.24) is 9.88 Å². The molecule has 2 aromatic rings. The van der Waals surface area contributed by atoms with Crippen molar-refractivity contribution >= 4 is 17.4 Å². The first-order chi connectivity index (χ1) is 11.1. The van der Waals surface area contributed by atoms with E-state index in [0.717, 1.165) is 36.6 Å². The quantitative estimate of drug-likeness (QED) is 0.772. The van der Waals surface area contributed by atoms with E-state index >= 15 is 0 Å². The molecular formula is C18H24N4O. The first-order valence-electron chi connectivity index (χ1n) is 7.78. The molecule has 5 nitrogen and oxygen atoms in total. The normalized spacial score (nSPS) is 10.6. The van der Waals surface area contributed by atoms with Crippen LogP contribution in [0.25, 0.3) is 0 Å². The summed E-state index contributed by atoms with van der Waals surface area (Å²) in [7, 11) is 4.11. The number of anilines is 2. The van der Waals surface area contributed by atoms with Crippen molar-refractivity contribution in [2.45, 2.75) is 13.3 Å². The summed E-state index contributed by atoms with van der Waals surface area (Å²) in [6.45, 7) is 3.86. The van der Waals surface area contributed by atoms with E-state index in [2.05, 4.69) is 34.6 Å². The number of benzene rings is 1. The van der Waals surface area contributed by atoms with Gasteiger partial charge in [0.2, 0.25) is 0 Å². The molecule has 1 heterocycles. The molecule has 23 heavy (non-hydrogen) atoms. The fourth-order valence-electron chi connectivity index (χ4n) is 2.15. The fourth-order valence-corrected chi connectivity index (χ4v) is 2.15. The van der Waals surface area contributed by atoms with Crippen LogP contribution in [0.2, 0.25) is 0 Å². The minimum Gasteiger partial charge on any atom is -0.370 e. The van der Waals surface area contributed by atoms with Gasteiger partial charge in [-0.1, -0.05) is 18.2 Å². The predicted molar refractivity (Wildman–Crippen MR) is 95.0 cm³/mol. The molecule has 5 heteroatoms. The summed E-state index contributed by atoms with van der Waals surface area (Å²) in [5.74, 6) is 0.641. The number of aromatic nitrogens is 1. The molecule has 0 saturated carbocycles. The number of nitrogens with one attached hydrogen (secondary N) is 2. The fraction of sp³-hybridized carbons (Fsp3) is 0.333. The molecule has 0 unspecified atom stereocenters. The third kappa shape index (κ3) is 5.38. The molecule has 0 bridgehead atoms. The topological polar surface area (TPSA) is 57.3 Å². The van der Waals surface area contributed by atoms with Crippen LogP contribution in [-0.4, -0.2) is 43.0 Å². The average Bonchev–Trinajstić information content (AvgIpc) is 2.54. The van der Waals surface area contributed by atoms with Crippen molar-refractivity contribution in [2.24, 2.45) is 0 Å². The lowest BCUT2D eigenvalue weighted by Gasteiger charge is -2.11. The van der Waals surface area contributed by atoms with Crippen molar-refractivity contribution in [2.75, 3.05) is 37.8 Å². The molecule has 2 N–H and O–H groups in total. The van der Waals surface area contributed by atoms with Gasteiger partial charge in [0, 0.05) is 18.4 Å². The maximum absolute atomic E-state index is 12.2. The number of aryl methyl sites for hydroxylation is 1. The van der Waals surface area contributed by atoms with Gasteiger partial charge < -0.3 is 15.5 Å². The van der Waals surface area contributed by atoms with Crippen LogP contribution in [0.4, 0.5) is 11.5 Å². The maximum atomic E-state index is 12.2. The van der Waals surface area contributed by atoms with Crippen LogP contribution in [0, 0.1) is 6.92 Å². The third-order valence-corrected chi connectivity index (χ3v) is 3.51. The molecule has 2 rings (SSSR count). The molecule has 0 saturated heterocycles. The number of rotatable bonds is 7. The van der Waals surface area contributed by atoms with Crippen LogP contribution in [0.15, 0.2) is 42.6 Å². The van der Waals surface area contributed by atoms with Crippen LogP contribution in [0.3, 0.4) is 0 Å². The number of hydrogen-bond acceptors (Lipinski definition) is 4. The van der Waals surface area contributed by atoms with Gasteiger partial charge in [-0.15, -0.1) is 0 Å². The Morgan fingerprint density at radius 2 is 1.96 bits per heavy atom. The summed E-state index contributed by atoms with van der Waals surface area (Å²) >= 11 is 0. The van der Waals surface area contributed by atoms with E-state index in [1.165, 1.54) is 0 Å². The number of carbonyl (C=O) groups is 1. The van der Waals surface area contributed by atoms with E-state index < -0.39 is 0 Å². The van der Waals surface area contributed by atoms with E-state index in [1.54, 1.807) is 12.3 Å². The zero-order valence-corrected chi connectivity index (χ0v) is 14.0. The Hall–Kier alpha value is -2.40. The Morgan fingerprint density at radius 3 is 2.61 bits per heavy atom. The highest BCUT2D eigenvalue weighted by Crippen LogP contribution is 2.15. The van der Waals surface area contributed by atoms with Crippen LogP contribution < -0.4 is 10.6 Å². The minimum absolute atomic E-state index is 0.147. The molecule has 122 valence electrons. The van der Waals surface area contributed by atoms with Gasteiger partial charge in [-0.05, 0) is 57.7 Å². The molecule has 0 aliphatic heterocycles. The molecule has 0 spiro atoms. The van der Waals surface area contributed by atoms with Gasteiger partial charge in [0.1, 0.15) is 5.82 Å². The number of para-hydroxylation sites is 1. The highest BCUT2D eigenvalue weighted by atomic mass is 16.1. The second-order valence-corrected chi connectivity index (χ2v) is 5.78. The molecule has 1 amide bonds. The Labute approximate surface area is 137 Å². The highest BCUT2D eigenvalue weighted by Gasteiger charge is 2.08. The lowest BCUT2D eigenvalue weighted by Crippen LogP contribution is -2.17. The average molecular weight is 312 g/mol. The van der Waals surface area contributed by atoms with Gasteiger partial charge in [-0.3, -0.25) is 4.79 Å². The Morgan fingerprint density at radius 1 is 1.17 bits per heavy atom. The molecule has 0 atom stereocenters. The number of nitrogens with zero attached hydrogens (tertiary/aromatic N) is 2. The molecular weight excluding hydrogens is 288 g/mol. The predicted octanol–water partition coefficient (Wildman–Crippen LogP) is 3.01. The van der Waals surface area contributed by atoms with Crippen LogP contribution >= 0.6 is 0 Å². The van der Waals surface area contributed by atoms with E-state index in [1.807, 2.05) is 37.3 Å². The van der Waals surface area contributed by atoms with Crippen molar-refractivity contribution in [3.8, 4) is 0 Å². The molecule has 0 radical (unpaired) electrons. The second-order valence-electron chi connectivity index (χ2n) is 5.78. The molecule has 0 aliphatic rings. The summed E-state index contributed by atoms with van der Waals surface area (Å²) in [6, 6.07) is 11.3. The zero-order valence-electron chi connectivity index (χ0n) is 14.0. The standard InChI is InChI=1S/C18H24N4O/c1-14-7-4-5-8-16(14)21-18(23)15-9-10-17(20-13-15)19-11-6-12-22(2)3/h4-5,7-10,13H,6,11-12H2,1-3H3,(H,19,20)(H,21,23). The Balaban J connectivity index is 1.89. The zero-order chi connectivity index (χ0) is 16.7. The van der Waals surface area contributed by atoms with Gasteiger partial charge >= 0.3 is 0 Å². The van der Waals surface area contributed by atoms with E-state index in [4.69, 9.17) is 0 Å². The van der Waals surface area contributed by atoms with Gasteiger partial charge in [-0.25, -0.2) is 4.98 Å². The van der Waals surface area contributed by atoms with Crippen molar-refractivity contribution in [3.63, 3.8) is 0 Å². The lowest BCUT2D eigenvalue weighted by atomic mass is 10.2. The maximum Gasteiger partial charge on any atom is 0.257 e. The summed E-state index contributed by atoms with van der Waals surface area (Å²) in [5.41, 5.74) is 2.41. The summed E-state index contributed by atoms with van der Waals surface area (Å²) in [5, 5.41) is 6.16.